The standard InChI is InChI=1S/C14H21NO5/c1-14(2,8-16)15-12(13(17)18)9-5-6-10(19-3)11(7-9)20-4/h5-7,12,15-16H,8H2,1-4H3,(H,17,18). The van der Waals surface area contributed by atoms with E-state index < -0.39 is 17.6 Å². The molecule has 112 valence electrons. The molecule has 1 aromatic carbocycles. The van der Waals surface area contributed by atoms with Gasteiger partial charge in [0.2, 0.25) is 0 Å². The predicted octanol–water partition coefficient (Wildman–Crippen LogP) is 1.19. The normalized spacial score (nSPS) is 12.8. The van der Waals surface area contributed by atoms with Crippen LogP contribution < -0.4 is 14.8 Å². The topological polar surface area (TPSA) is 88.0 Å². The van der Waals surface area contributed by atoms with Gasteiger partial charge in [0.15, 0.2) is 11.5 Å². The molecule has 0 saturated carbocycles. The summed E-state index contributed by atoms with van der Waals surface area (Å²) in [6, 6.07) is 3.97. The minimum atomic E-state index is -1.03. The van der Waals surface area contributed by atoms with Gasteiger partial charge in [0.05, 0.1) is 20.8 Å². The molecule has 1 rings (SSSR count). The molecule has 6 nitrogen and oxygen atoms in total. The molecule has 0 aliphatic rings. The van der Waals surface area contributed by atoms with Crippen molar-refractivity contribution in [3.8, 4) is 11.5 Å². The van der Waals surface area contributed by atoms with Gasteiger partial charge in [-0.2, -0.15) is 0 Å². The van der Waals surface area contributed by atoms with E-state index in [-0.39, 0.29) is 6.61 Å². The molecule has 1 unspecified atom stereocenters. The molecule has 0 aliphatic carbocycles. The molecule has 0 heterocycles. The first kappa shape index (κ1) is 16.3. The van der Waals surface area contributed by atoms with Crippen LogP contribution in [0.5, 0.6) is 11.5 Å². The number of ether oxygens (including phenoxy) is 2. The van der Waals surface area contributed by atoms with Gasteiger partial charge in [0.1, 0.15) is 6.04 Å². The maximum Gasteiger partial charge on any atom is 0.325 e. The monoisotopic (exact) mass is 283 g/mol. The number of hydrogen-bond acceptors (Lipinski definition) is 5. The summed E-state index contributed by atoms with van der Waals surface area (Å²) in [6.45, 7) is 3.28. The van der Waals surface area contributed by atoms with Crippen molar-refractivity contribution in [1.29, 1.82) is 0 Å². The second-order valence-corrected chi connectivity index (χ2v) is 5.07. The molecule has 0 radical (unpaired) electrons. The number of carbonyl (C=O) groups is 1. The van der Waals surface area contributed by atoms with E-state index in [2.05, 4.69) is 5.32 Å². The van der Waals surface area contributed by atoms with Crippen molar-refractivity contribution in [3.05, 3.63) is 23.8 Å². The van der Waals surface area contributed by atoms with E-state index in [1.165, 1.54) is 14.2 Å². The molecule has 0 fully saturated rings. The van der Waals surface area contributed by atoms with Crippen molar-refractivity contribution in [1.82, 2.24) is 5.32 Å². The molecule has 0 bridgehead atoms. The zero-order chi connectivity index (χ0) is 15.3. The van der Waals surface area contributed by atoms with E-state index in [4.69, 9.17) is 9.47 Å². The molecule has 3 N–H and O–H groups in total. The second kappa shape index (κ2) is 6.58. The Labute approximate surface area is 118 Å². The lowest BCUT2D eigenvalue weighted by molar-refractivity contribution is -0.140. The summed E-state index contributed by atoms with van der Waals surface area (Å²) in [5.41, 5.74) is -0.187. The van der Waals surface area contributed by atoms with E-state index in [0.717, 1.165) is 0 Å². The van der Waals surface area contributed by atoms with Crippen LogP contribution in [0.1, 0.15) is 25.5 Å². The first-order valence-electron chi connectivity index (χ1n) is 6.18. The number of aliphatic hydroxyl groups excluding tert-OH is 1. The van der Waals surface area contributed by atoms with Crippen LogP contribution in [-0.2, 0) is 4.79 Å². The van der Waals surface area contributed by atoms with Crippen molar-refractivity contribution >= 4 is 5.97 Å². The Balaban J connectivity index is 3.13. The van der Waals surface area contributed by atoms with Crippen molar-refractivity contribution in [2.45, 2.75) is 25.4 Å². The van der Waals surface area contributed by atoms with Gasteiger partial charge in [0.25, 0.3) is 0 Å². The Kier molecular flexibility index (Phi) is 5.35. The zero-order valence-corrected chi connectivity index (χ0v) is 12.1. The van der Waals surface area contributed by atoms with Crippen molar-refractivity contribution in [2.75, 3.05) is 20.8 Å². The Morgan fingerprint density at radius 3 is 2.35 bits per heavy atom. The number of carboxylic acids is 1. The van der Waals surface area contributed by atoms with Gasteiger partial charge in [-0.1, -0.05) is 6.07 Å². The largest absolute Gasteiger partial charge is 0.493 e. The average Bonchev–Trinajstić information content (AvgIpc) is 2.43. The number of hydrogen-bond donors (Lipinski definition) is 3. The summed E-state index contributed by atoms with van der Waals surface area (Å²) < 4.78 is 10.3. The summed E-state index contributed by atoms with van der Waals surface area (Å²) in [6.07, 6.45) is 0. The highest BCUT2D eigenvalue weighted by Crippen LogP contribution is 2.30. The van der Waals surface area contributed by atoms with E-state index in [9.17, 15) is 15.0 Å². The van der Waals surface area contributed by atoms with E-state index in [1.54, 1.807) is 32.0 Å². The van der Waals surface area contributed by atoms with Gasteiger partial charge in [0, 0.05) is 5.54 Å². The predicted molar refractivity (Wildman–Crippen MR) is 74.2 cm³/mol. The molecule has 1 atom stereocenters. The summed E-state index contributed by atoms with van der Waals surface area (Å²) in [5.74, 6) is -0.0413. The third-order valence-corrected chi connectivity index (χ3v) is 2.92. The van der Waals surface area contributed by atoms with Crippen LogP contribution in [0.25, 0.3) is 0 Å². The highest BCUT2D eigenvalue weighted by atomic mass is 16.5. The number of carboxylic acid groups (broad SMARTS) is 1. The van der Waals surface area contributed by atoms with Crippen LogP contribution in [0.4, 0.5) is 0 Å². The van der Waals surface area contributed by atoms with Crippen molar-refractivity contribution < 1.29 is 24.5 Å². The molecule has 1 aromatic rings. The fourth-order valence-electron chi connectivity index (χ4n) is 1.76. The van der Waals surface area contributed by atoms with Crippen LogP contribution in [-0.4, -0.2) is 42.5 Å². The summed E-state index contributed by atoms with van der Waals surface area (Å²) in [5, 5.41) is 21.5. The fraction of sp³-hybridized carbons (Fsp3) is 0.500. The molecule has 0 saturated heterocycles. The van der Waals surface area contributed by atoms with Gasteiger partial charge in [-0.15, -0.1) is 0 Å². The van der Waals surface area contributed by atoms with E-state index >= 15 is 0 Å². The first-order chi connectivity index (χ1) is 9.34. The first-order valence-corrected chi connectivity index (χ1v) is 6.18. The molecule has 0 amide bonds. The Morgan fingerprint density at radius 2 is 1.90 bits per heavy atom. The fourth-order valence-corrected chi connectivity index (χ4v) is 1.76. The highest BCUT2D eigenvalue weighted by molar-refractivity contribution is 5.76. The molecule has 20 heavy (non-hydrogen) atoms. The van der Waals surface area contributed by atoms with Gasteiger partial charge >= 0.3 is 5.97 Å². The minimum absolute atomic E-state index is 0.177. The Morgan fingerprint density at radius 1 is 1.30 bits per heavy atom. The van der Waals surface area contributed by atoms with Crippen molar-refractivity contribution in [2.24, 2.45) is 0 Å². The molecule has 6 heteroatoms. The molecular weight excluding hydrogens is 262 g/mol. The zero-order valence-electron chi connectivity index (χ0n) is 12.1. The van der Waals surface area contributed by atoms with Crippen LogP contribution in [0, 0.1) is 0 Å². The minimum Gasteiger partial charge on any atom is -0.493 e. The number of aliphatic hydroxyl groups is 1. The molecule has 0 spiro atoms. The van der Waals surface area contributed by atoms with Gasteiger partial charge in [-0.05, 0) is 31.5 Å². The Bertz CT molecular complexity index is 473. The number of aliphatic carboxylic acids is 1. The van der Waals surface area contributed by atoms with Crippen LogP contribution in [0.15, 0.2) is 18.2 Å². The number of rotatable bonds is 7. The summed E-state index contributed by atoms with van der Waals surface area (Å²) in [7, 11) is 3.00. The van der Waals surface area contributed by atoms with E-state index in [1.807, 2.05) is 0 Å². The lowest BCUT2D eigenvalue weighted by Gasteiger charge is -2.28. The smallest absolute Gasteiger partial charge is 0.325 e. The quantitative estimate of drug-likeness (QED) is 0.696. The lowest BCUT2D eigenvalue weighted by atomic mass is 10.0. The Hall–Kier alpha value is -1.79. The summed E-state index contributed by atoms with van der Waals surface area (Å²) >= 11 is 0. The number of methoxy groups -OCH3 is 2. The van der Waals surface area contributed by atoms with Crippen LogP contribution in [0.2, 0.25) is 0 Å². The maximum atomic E-state index is 11.4. The highest BCUT2D eigenvalue weighted by Gasteiger charge is 2.28. The van der Waals surface area contributed by atoms with Gasteiger partial charge in [-0.25, -0.2) is 0 Å². The molecule has 0 aliphatic heterocycles. The maximum absolute atomic E-state index is 11.4. The van der Waals surface area contributed by atoms with Crippen LogP contribution >= 0.6 is 0 Å². The van der Waals surface area contributed by atoms with Gasteiger partial charge < -0.3 is 19.7 Å². The van der Waals surface area contributed by atoms with Crippen molar-refractivity contribution in [3.63, 3.8) is 0 Å². The number of benzene rings is 1. The second-order valence-electron chi connectivity index (χ2n) is 5.07. The average molecular weight is 283 g/mol. The van der Waals surface area contributed by atoms with Gasteiger partial charge in [-0.3, -0.25) is 10.1 Å². The third-order valence-electron chi connectivity index (χ3n) is 2.92. The van der Waals surface area contributed by atoms with Crippen LogP contribution in [0.3, 0.4) is 0 Å². The molecule has 0 aromatic heterocycles. The third kappa shape index (κ3) is 3.85. The number of nitrogens with one attached hydrogen (secondary N) is 1. The lowest BCUT2D eigenvalue weighted by Crippen LogP contribution is -2.47. The molecular formula is C14H21NO5. The van der Waals surface area contributed by atoms with E-state index in [0.29, 0.717) is 17.1 Å². The summed E-state index contributed by atoms with van der Waals surface area (Å²) in [4.78, 5) is 11.4. The SMILES string of the molecule is COc1ccc(C(NC(C)(C)CO)C(=O)O)cc1OC.